The first kappa shape index (κ1) is 100. The average molecular weight is 1980 g/mol. The second-order valence-electron chi connectivity index (χ2n) is 36.6. The summed E-state index contributed by atoms with van der Waals surface area (Å²) >= 11 is 0. The fourth-order valence-electron chi connectivity index (χ4n) is 19.5. The molecule has 27 nitrogen and oxygen atoms in total. The van der Waals surface area contributed by atoms with Crippen LogP contribution in [0, 0.1) is 29.2 Å². The number of allylic oxidation sites excluding steroid dienone is 6. The van der Waals surface area contributed by atoms with Crippen LogP contribution in [0.25, 0.3) is 33.4 Å². The number of hydrogen-bond acceptors (Lipinski definition) is 19. The number of halogens is 4. The molecule has 6 aliphatic heterocycles. The second kappa shape index (κ2) is 42.7. The van der Waals surface area contributed by atoms with Gasteiger partial charge in [0.05, 0.1) is 32.2 Å². The Labute approximate surface area is 815 Å². The number of carbonyl (C=O) groups excluding carboxylic acids is 6. The topological polar surface area (TPSA) is 358 Å². The van der Waals surface area contributed by atoms with Crippen LogP contribution < -0.4 is 51.1 Å². The number of ether oxygens (including phenoxy) is 2. The van der Waals surface area contributed by atoms with Crippen LogP contribution in [0.15, 0.2) is 261 Å². The molecule has 9 aromatic carbocycles. The molecule has 5 amide bonds. The van der Waals surface area contributed by atoms with E-state index in [4.69, 9.17) is 13.9 Å². The number of rotatable bonds is 37. The van der Waals surface area contributed by atoms with Gasteiger partial charge in [-0.1, -0.05) is 154 Å². The fourth-order valence-corrected chi connectivity index (χ4v) is 22.2. The monoisotopic (exact) mass is 1980 g/mol. The maximum Gasteiger partial charge on any atom is 0.408 e. The van der Waals surface area contributed by atoms with Gasteiger partial charge in [-0.15, -0.1) is 0 Å². The van der Waals surface area contributed by atoms with Crippen LogP contribution in [0.3, 0.4) is 0 Å². The van der Waals surface area contributed by atoms with Gasteiger partial charge in [0.1, 0.15) is 62.9 Å². The summed E-state index contributed by atoms with van der Waals surface area (Å²) in [6.45, 7) is 9.80. The van der Waals surface area contributed by atoms with Crippen molar-refractivity contribution in [2.75, 3.05) is 75.3 Å². The molecule has 0 bridgehead atoms. The van der Waals surface area contributed by atoms with Crippen LogP contribution in [-0.2, 0) is 90.9 Å². The van der Waals surface area contributed by atoms with Crippen LogP contribution in [0.5, 0.6) is 5.75 Å². The molecule has 7 aliphatic rings. The Hall–Kier alpha value is -13.8. The summed E-state index contributed by atoms with van der Waals surface area (Å²) in [6.07, 6.45) is 11.8. The number of piperidine rings is 1. The Morgan fingerprint density at radius 2 is 1.27 bits per heavy atom. The lowest BCUT2D eigenvalue weighted by Crippen LogP contribution is -2.53. The van der Waals surface area contributed by atoms with Crippen molar-refractivity contribution in [3.8, 4) is 28.2 Å². The minimum atomic E-state index is -4.82. The van der Waals surface area contributed by atoms with Gasteiger partial charge in [-0.2, -0.15) is 22.2 Å². The summed E-state index contributed by atoms with van der Waals surface area (Å²) in [5.74, 6) is -15.1. The maximum absolute atomic E-state index is 16.2. The number of carbonyl (C=O) groups is 6. The summed E-state index contributed by atoms with van der Waals surface area (Å²) in [5.41, 5.74) is 10.4. The van der Waals surface area contributed by atoms with Crippen molar-refractivity contribution in [3.63, 3.8) is 0 Å². The quantitative estimate of drug-likeness (QED) is 0.00459. The number of alkyl carbamates (subject to hydrolysis) is 1. The zero-order valence-electron chi connectivity index (χ0n) is 78.4. The van der Waals surface area contributed by atoms with Crippen molar-refractivity contribution in [1.29, 1.82) is 0 Å². The Balaban J connectivity index is 0.534. The van der Waals surface area contributed by atoms with E-state index in [1.165, 1.54) is 39.7 Å². The first-order valence-corrected chi connectivity index (χ1v) is 51.3. The van der Waals surface area contributed by atoms with Gasteiger partial charge in [0.2, 0.25) is 56.1 Å². The first-order valence-electron chi connectivity index (χ1n) is 47.1. The minimum Gasteiger partial charge on any atom is -0.744 e. The predicted octanol–water partition coefficient (Wildman–Crippen LogP) is 15.6. The molecule has 5 N–H and O–H groups in total. The number of unbranched alkanes of at least 4 members (excludes halogenated alkanes) is 3. The van der Waals surface area contributed by atoms with E-state index in [1.54, 1.807) is 97.1 Å². The molecule has 1 saturated heterocycles. The van der Waals surface area contributed by atoms with E-state index in [0.29, 0.717) is 93.7 Å². The largest absolute Gasteiger partial charge is 0.744 e. The molecular weight excluding hydrogens is 1870 g/mol. The molecule has 34 heteroatoms. The number of anilines is 3. The number of Topliss-reactive ketones (excluding diaryl/α,β-unsaturated/α-hetero) is 1. The van der Waals surface area contributed by atoms with E-state index in [1.807, 2.05) is 135 Å². The van der Waals surface area contributed by atoms with E-state index >= 15 is 26.0 Å². The normalized spacial score (nSPS) is 16.3. The van der Waals surface area contributed by atoms with Gasteiger partial charge in [-0.3, -0.25) is 24.0 Å². The van der Waals surface area contributed by atoms with Gasteiger partial charge in [0, 0.05) is 163 Å². The molecule has 0 saturated carbocycles. The number of sulfonamides is 1. The maximum atomic E-state index is 16.2. The molecule has 9 aromatic rings. The summed E-state index contributed by atoms with van der Waals surface area (Å²) in [6, 6.07) is 58.1. The van der Waals surface area contributed by atoms with Crippen LogP contribution in [0.1, 0.15) is 136 Å². The molecule has 141 heavy (non-hydrogen) atoms. The van der Waals surface area contributed by atoms with Crippen molar-refractivity contribution in [1.82, 2.24) is 35.5 Å². The predicted molar refractivity (Wildman–Crippen MR) is 524 cm³/mol. The lowest BCUT2D eigenvalue weighted by molar-refractivity contribution is -0.433. The lowest BCUT2D eigenvalue weighted by atomic mass is 9.81. The highest BCUT2D eigenvalue weighted by atomic mass is 32.2. The molecule has 16 rings (SSSR count). The van der Waals surface area contributed by atoms with E-state index in [9.17, 15) is 54.7 Å². The molecular formula is C107H108F4N10O17S3. The van der Waals surface area contributed by atoms with Gasteiger partial charge in [0.15, 0.2) is 35.4 Å². The number of benzene rings is 10. The number of nitrogens with zero attached hydrogens (tertiary/aromatic N) is 5. The fraction of sp³-hybridized carbons (Fsp3) is 0.308. The Kier molecular flexibility index (Phi) is 30.4. The van der Waals surface area contributed by atoms with Gasteiger partial charge in [-0.05, 0) is 161 Å². The van der Waals surface area contributed by atoms with Crippen molar-refractivity contribution in [2.24, 2.45) is 5.92 Å². The second-order valence-corrected chi connectivity index (χ2v) is 41.3. The third-order valence-corrected chi connectivity index (χ3v) is 30.5. The molecule has 1 fully saturated rings. The van der Waals surface area contributed by atoms with E-state index in [0.717, 1.165) is 65.4 Å². The smallest absolute Gasteiger partial charge is 0.408 e. The zero-order chi connectivity index (χ0) is 99.8. The Morgan fingerprint density at radius 1 is 0.596 bits per heavy atom. The summed E-state index contributed by atoms with van der Waals surface area (Å²) < 4.78 is 191. The summed E-state index contributed by atoms with van der Waals surface area (Å²) in [5, 5.41) is 14.4. The third kappa shape index (κ3) is 21.9. The van der Waals surface area contributed by atoms with Gasteiger partial charge < -0.3 is 59.4 Å². The van der Waals surface area contributed by atoms with E-state index in [2.05, 4.69) is 60.3 Å². The molecule has 1 aliphatic carbocycles. The van der Waals surface area contributed by atoms with Crippen molar-refractivity contribution < 1.29 is 99.2 Å². The molecule has 6 heterocycles. The number of hydrogen-bond donors (Lipinski definition) is 5. The molecule has 0 unspecified atom stereocenters. The Bertz CT molecular complexity index is 7220. The van der Waals surface area contributed by atoms with Crippen molar-refractivity contribution in [3.05, 3.63) is 310 Å². The van der Waals surface area contributed by atoms with Crippen molar-refractivity contribution >= 4 is 111 Å². The molecule has 734 valence electrons. The highest BCUT2D eigenvalue weighted by Gasteiger charge is 2.46. The number of para-hydroxylation sites is 2. The minimum absolute atomic E-state index is 0.0470. The number of nitrogens with one attached hydrogen (secondary N) is 5. The number of amides is 5. The van der Waals surface area contributed by atoms with E-state index < -0.39 is 136 Å². The van der Waals surface area contributed by atoms with Crippen LogP contribution in [0.2, 0.25) is 0 Å². The van der Waals surface area contributed by atoms with Gasteiger partial charge in [0.25, 0.3) is 5.91 Å². The zero-order valence-corrected chi connectivity index (χ0v) is 80.9. The molecule has 2 atom stereocenters. The highest BCUT2D eigenvalue weighted by molar-refractivity contribution is 7.89. The van der Waals surface area contributed by atoms with Crippen LogP contribution in [-0.4, -0.2) is 162 Å². The third-order valence-electron chi connectivity index (χ3n) is 26.9. The van der Waals surface area contributed by atoms with Gasteiger partial charge >= 0.3 is 6.09 Å². The molecule has 0 radical (unpaired) electrons. The first-order chi connectivity index (χ1) is 67.6. The molecule has 0 aromatic heterocycles. The lowest BCUT2D eigenvalue weighted by Gasteiger charge is -2.31. The number of ketones is 1. The standard InChI is InChI=1S/C107H108F4N10O17S3/c1-6-118-86-47-43-75(140(130,131)132)64-80(86)106(2,3)92(118)38-15-9-16-39-93-107(4,5)81-65-76(141(133,134)135)44-48-87(81)121(93)56-26-10-17-40-94(123)112-53-25-24-34-82(115-103(125)83(61-68-27-11-7-12-28-68)116-105(127)137-66-69-29-13-8-14-30-69)88(122)67-136-101-99(110)97(108)96(98(109)100(101)111)104(126)114-55-54-113-102(124)72-49-57-117(58-50-72)139(128,129)91-37-23-20-33-79(91)95-77-45-41-73(119-59-51-70-31-18-21-35-84(70)119)62-89(77)138-90-63-74(42-46-78(90)95)120-60-52-71-32-19-22-36-85(71)120/h7-9,11-16,18-23,27-33,35-39,41-48,62-65,72,82-83H,6,10,17,24-26,34,40,49-61,66-67H2,1-5H3,(H5-2,112,113,114,115,116,123,124,125,126,127,130,131,132,133,134,135)/t82-,83-/m0/s1. The number of fused-ring (bicyclic) bond motifs is 6. The van der Waals surface area contributed by atoms with Crippen LogP contribution >= 0.6 is 0 Å². The summed E-state index contributed by atoms with van der Waals surface area (Å²) in [7, 11) is -13.8. The molecule has 0 spiro atoms. The van der Waals surface area contributed by atoms with Crippen molar-refractivity contribution in [2.45, 2.75) is 156 Å². The van der Waals surface area contributed by atoms with Gasteiger partial charge in [-0.25, -0.2) is 38.8 Å². The highest BCUT2D eigenvalue weighted by Crippen LogP contribution is 2.50. The summed E-state index contributed by atoms with van der Waals surface area (Å²) in [4.78, 5) is 86.6. The average Bonchev–Trinajstić information content (AvgIpc) is 1.62. The SMILES string of the molecule is CC[N+]1=C(/C=C/C=C/C=C2\N(CCCCCC(=O)NCCCC[C@H](NC(=O)[C@H](Cc3ccccc3)NC(=O)OCc3ccccc3)C(=O)COc3c(F)c(F)c(C(=O)NCCNC(=O)C4CCN(S(=O)(=O)c5ccccc5-c5c6ccc(=[N+]7CCc8ccccc87)cc-6oc6cc(N7CCc8ccccc87)ccc56)CC4)c(F)c3F)c3ccc(S(=O)(=O)[O-])cc3C2(C)C)C(C)(C)c2cc(S(=O)(=O)[O-])ccc21. The van der Waals surface area contributed by atoms with Crippen LogP contribution in [0.4, 0.5) is 50.8 Å². The Morgan fingerprint density at radius 3 is 2.00 bits per heavy atom. The van der Waals surface area contributed by atoms with E-state index in [-0.39, 0.29) is 98.3 Å².